The summed E-state index contributed by atoms with van der Waals surface area (Å²) in [5.41, 5.74) is 1.96. The van der Waals surface area contributed by atoms with Crippen molar-refractivity contribution in [3.8, 4) is 5.75 Å². The highest BCUT2D eigenvalue weighted by Crippen LogP contribution is 2.11. The summed E-state index contributed by atoms with van der Waals surface area (Å²) in [7, 11) is 0. The largest absolute Gasteiger partial charge is 0.484 e. The van der Waals surface area contributed by atoms with Gasteiger partial charge in [-0.15, -0.1) is 0 Å². The molecule has 0 bridgehead atoms. The average molecular weight is 284 g/mol. The highest BCUT2D eigenvalue weighted by molar-refractivity contribution is 5.99. The van der Waals surface area contributed by atoms with Gasteiger partial charge in [-0.1, -0.05) is 35.5 Å². The number of nitrogens with zero attached hydrogens (tertiary/aromatic N) is 1. The molecule has 0 aliphatic rings. The van der Waals surface area contributed by atoms with Gasteiger partial charge in [-0.05, 0) is 36.8 Å². The molecule has 0 fully saturated rings. The van der Waals surface area contributed by atoms with Crippen molar-refractivity contribution in [1.82, 2.24) is 0 Å². The van der Waals surface area contributed by atoms with E-state index in [2.05, 4.69) is 10.5 Å². The SMILES string of the molecule is C/C(=N\O)c1ccc(NC(=O)COc2ccccc2)cc1. The first-order valence-corrected chi connectivity index (χ1v) is 6.46. The van der Waals surface area contributed by atoms with Crippen LogP contribution < -0.4 is 10.1 Å². The molecule has 108 valence electrons. The Bertz CT molecular complexity index is 622. The lowest BCUT2D eigenvalue weighted by Crippen LogP contribution is -2.20. The number of carbonyl (C=O) groups is 1. The summed E-state index contributed by atoms with van der Waals surface area (Å²) in [5, 5.41) is 14.5. The summed E-state index contributed by atoms with van der Waals surface area (Å²) >= 11 is 0. The molecule has 0 aliphatic carbocycles. The number of carbonyl (C=O) groups excluding carboxylic acids is 1. The minimum absolute atomic E-state index is 0.0527. The second-order valence-corrected chi connectivity index (χ2v) is 4.41. The number of ether oxygens (including phenoxy) is 1. The third-order valence-electron chi connectivity index (χ3n) is 2.85. The molecule has 0 heterocycles. The molecule has 5 heteroatoms. The second kappa shape index (κ2) is 7.09. The lowest BCUT2D eigenvalue weighted by Gasteiger charge is -2.08. The Morgan fingerprint density at radius 2 is 1.81 bits per heavy atom. The van der Waals surface area contributed by atoms with E-state index in [-0.39, 0.29) is 12.5 Å². The van der Waals surface area contributed by atoms with Crippen LogP contribution in [0.3, 0.4) is 0 Å². The van der Waals surface area contributed by atoms with Gasteiger partial charge in [0.05, 0.1) is 5.71 Å². The van der Waals surface area contributed by atoms with Crippen molar-refractivity contribution in [3.63, 3.8) is 0 Å². The van der Waals surface area contributed by atoms with Crippen LogP contribution >= 0.6 is 0 Å². The Morgan fingerprint density at radius 1 is 1.14 bits per heavy atom. The molecule has 0 atom stereocenters. The molecule has 0 spiro atoms. The minimum Gasteiger partial charge on any atom is -0.484 e. The standard InChI is InChI=1S/C16H16N2O3/c1-12(18-20)13-7-9-14(10-8-13)17-16(19)11-21-15-5-3-2-4-6-15/h2-10,20H,11H2,1H3,(H,17,19)/b18-12+. The number of benzene rings is 2. The van der Waals surface area contributed by atoms with Crippen LogP contribution in [0.5, 0.6) is 5.75 Å². The fourth-order valence-corrected chi connectivity index (χ4v) is 1.72. The first kappa shape index (κ1) is 14.6. The number of hydrogen-bond acceptors (Lipinski definition) is 4. The Hall–Kier alpha value is -2.82. The molecule has 0 saturated carbocycles. The summed E-state index contributed by atoms with van der Waals surface area (Å²) in [4.78, 5) is 11.8. The Kier molecular flexibility index (Phi) is 4.93. The third kappa shape index (κ3) is 4.35. The molecular weight excluding hydrogens is 268 g/mol. The van der Waals surface area contributed by atoms with E-state index >= 15 is 0 Å². The van der Waals surface area contributed by atoms with Crippen LogP contribution in [0, 0.1) is 0 Å². The van der Waals surface area contributed by atoms with Gasteiger partial charge in [0.1, 0.15) is 5.75 Å². The smallest absolute Gasteiger partial charge is 0.262 e. The average Bonchev–Trinajstić information content (AvgIpc) is 2.54. The van der Waals surface area contributed by atoms with E-state index in [1.54, 1.807) is 43.3 Å². The Morgan fingerprint density at radius 3 is 2.43 bits per heavy atom. The molecule has 1 amide bonds. The van der Waals surface area contributed by atoms with Gasteiger partial charge in [0.2, 0.25) is 0 Å². The highest BCUT2D eigenvalue weighted by atomic mass is 16.5. The molecule has 0 saturated heterocycles. The van der Waals surface area contributed by atoms with Crippen LogP contribution in [0.15, 0.2) is 59.8 Å². The summed E-state index contributed by atoms with van der Waals surface area (Å²) in [5.74, 6) is 0.414. The van der Waals surface area contributed by atoms with Crippen molar-refractivity contribution in [3.05, 3.63) is 60.2 Å². The monoisotopic (exact) mass is 284 g/mol. The van der Waals surface area contributed by atoms with Crippen LogP contribution in [0.2, 0.25) is 0 Å². The maximum Gasteiger partial charge on any atom is 0.262 e. The molecule has 2 aromatic carbocycles. The second-order valence-electron chi connectivity index (χ2n) is 4.41. The fraction of sp³-hybridized carbons (Fsp3) is 0.125. The Labute approximate surface area is 122 Å². The predicted molar refractivity (Wildman–Crippen MR) is 81.0 cm³/mol. The van der Waals surface area contributed by atoms with Crippen LogP contribution in [0.4, 0.5) is 5.69 Å². The number of anilines is 1. The number of hydrogen-bond donors (Lipinski definition) is 2. The van der Waals surface area contributed by atoms with Gasteiger partial charge in [0.25, 0.3) is 5.91 Å². The van der Waals surface area contributed by atoms with Crippen molar-refractivity contribution in [2.45, 2.75) is 6.92 Å². The molecule has 0 unspecified atom stereocenters. The molecule has 0 aromatic heterocycles. The van der Waals surface area contributed by atoms with Gasteiger partial charge in [-0.2, -0.15) is 0 Å². The molecular formula is C16H16N2O3. The summed E-state index contributed by atoms with van der Waals surface area (Å²) in [6, 6.07) is 16.2. The summed E-state index contributed by atoms with van der Waals surface area (Å²) in [6.45, 7) is 1.64. The zero-order valence-corrected chi connectivity index (χ0v) is 11.6. The van der Waals surface area contributed by atoms with Crippen molar-refractivity contribution in [2.75, 3.05) is 11.9 Å². The molecule has 5 nitrogen and oxygen atoms in total. The first-order valence-electron chi connectivity index (χ1n) is 6.46. The molecule has 0 aliphatic heterocycles. The highest BCUT2D eigenvalue weighted by Gasteiger charge is 2.04. The van der Waals surface area contributed by atoms with Gasteiger partial charge in [0.15, 0.2) is 6.61 Å². The Balaban J connectivity index is 1.88. The van der Waals surface area contributed by atoms with Crippen molar-refractivity contribution in [1.29, 1.82) is 0 Å². The van der Waals surface area contributed by atoms with Gasteiger partial charge in [0, 0.05) is 5.69 Å². The van der Waals surface area contributed by atoms with E-state index < -0.39 is 0 Å². The number of amides is 1. The maximum atomic E-state index is 11.8. The summed E-state index contributed by atoms with van der Waals surface area (Å²) < 4.78 is 5.36. The van der Waals surface area contributed by atoms with Gasteiger partial charge in [-0.25, -0.2) is 0 Å². The van der Waals surface area contributed by atoms with Gasteiger partial charge < -0.3 is 15.3 Å². The zero-order valence-electron chi connectivity index (χ0n) is 11.6. The van der Waals surface area contributed by atoms with Gasteiger partial charge >= 0.3 is 0 Å². The quantitative estimate of drug-likeness (QED) is 0.504. The van der Waals surface area contributed by atoms with E-state index in [0.29, 0.717) is 17.1 Å². The van der Waals surface area contributed by atoms with Crippen LogP contribution in [-0.2, 0) is 4.79 Å². The summed E-state index contributed by atoms with van der Waals surface area (Å²) in [6.07, 6.45) is 0. The van der Waals surface area contributed by atoms with E-state index in [1.165, 1.54) is 0 Å². The van der Waals surface area contributed by atoms with Crippen LogP contribution in [0.25, 0.3) is 0 Å². The molecule has 2 aromatic rings. The van der Waals surface area contributed by atoms with E-state index in [1.807, 2.05) is 18.2 Å². The number of para-hydroxylation sites is 1. The number of rotatable bonds is 5. The van der Waals surface area contributed by atoms with Crippen molar-refractivity contribution < 1.29 is 14.7 Å². The molecule has 2 rings (SSSR count). The van der Waals surface area contributed by atoms with Crippen LogP contribution in [0.1, 0.15) is 12.5 Å². The first-order chi connectivity index (χ1) is 10.2. The minimum atomic E-state index is -0.237. The van der Waals surface area contributed by atoms with E-state index in [4.69, 9.17) is 9.94 Å². The van der Waals surface area contributed by atoms with Crippen LogP contribution in [-0.4, -0.2) is 23.4 Å². The topological polar surface area (TPSA) is 70.9 Å². The molecule has 21 heavy (non-hydrogen) atoms. The van der Waals surface area contributed by atoms with E-state index in [9.17, 15) is 4.79 Å². The van der Waals surface area contributed by atoms with Gasteiger partial charge in [-0.3, -0.25) is 4.79 Å². The molecule has 0 radical (unpaired) electrons. The lowest BCUT2D eigenvalue weighted by atomic mass is 10.1. The zero-order chi connectivity index (χ0) is 15.1. The normalized spacial score (nSPS) is 11.0. The number of oxime groups is 1. The fourth-order valence-electron chi connectivity index (χ4n) is 1.72. The predicted octanol–water partition coefficient (Wildman–Crippen LogP) is 2.90. The lowest BCUT2D eigenvalue weighted by molar-refractivity contribution is -0.118. The van der Waals surface area contributed by atoms with E-state index in [0.717, 1.165) is 5.56 Å². The number of nitrogens with one attached hydrogen (secondary N) is 1. The van der Waals surface area contributed by atoms with Crippen molar-refractivity contribution >= 4 is 17.3 Å². The van der Waals surface area contributed by atoms with Crippen molar-refractivity contribution in [2.24, 2.45) is 5.16 Å². The third-order valence-corrected chi connectivity index (χ3v) is 2.85. The maximum absolute atomic E-state index is 11.8. The molecule has 2 N–H and O–H groups in total.